The van der Waals surface area contributed by atoms with Gasteiger partial charge in [-0.1, -0.05) is 12.1 Å². The number of rotatable bonds is 5. The highest BCUT2D eigenvalue weighted by Crippen LogP contribution is 2.48. The summed E-state index contributed by atoms with van der Waals surface area (Å²) in [6.45, 7) is 3.24. The molecule has 9 heteroatoms. The molecule has 3 aliphatic heterocycles. The molecule has 2 aromatic rings. The maximum absolute atomic E-state index is 12.0. The predicted molar refractivity (Wildman–Crippen MR) is 126 cm³/mol. The van der Waals surface area contributed by atoms with Crippen LogP contribution < -0.4 is 20.1 Å². The molecular formula is C24H29N3O5S. The van der Waals surface area contributed by atoms with E-state index in [1.807, 2.05) is 6.07 Å². The Morgan fingerprint density at radius 2 is 1.94 bits per heavy atom. The van der Waals surface area contributed by atoms with Crippen molar-refractivity contribution in [2.45, 2.75) is 36.2 Å². The van der Waals surface area contributed by atoms with E-state index in [-0.39, 0.29) is 11.0 Å². The summed E-state index contributed by atoms with van der Waals surface area (Å²) in [4.78, 5) is 4.58. The number of hydrogen-bond acceptors (Lipinski definition) is 8. The fraction of sp³-hybridized carbons (Fsp3) is 0.458. The maximum atomic E-state index is 12.0. The van der Waals surface area contributed by atoms with Crippen LogP contribution >= 0.6 is 0 Å². The van der Waals surface area contributed by atoms with Gasteiger partial charge in [-0.05, 0) is 55.6 Å². The topological polar surface area (TPSA) is 98.3 Å². The molecule has 0 aliphatic carbocycles. The second-order valence-corrected chi connectivity index (χ2v) is 10.7. The second-order valence-electron chi connectivity index (χ2n) is 8.68. The lowest BCUT2D eigenvalue weighted by atomic mass is 9.85. The van der Waals surface area contributed by atoms with Gasteiger partial charge in [-0.15, -0.1) is 0 Å². The fourth-order valence-corrected chi connectivity index (χ4v) is 5.50. The van der Waals surface area contributed by atoms with Gasteiger partial charge in [-0.25, -0.2) is 13.4 Å². The number of amidine groups is 1. The molecule has 176 valence electrons. The summed E-state index contributed by atoms with van der Waals surface area (Å²) in [5.74, 6) is 1.80. The summed E-state index contributed by atoms with van der Waals surface area (Å²) in [7, 11) is -1.78. The van der Waals surface area contributed by atoms with Gasteiger partial charge in [0, 0.05) is 23.8 Å². The first kappa shape index (κ1) is 22.0. The van der Waals surface area contributed by atoms with Crippen molar-refractivity contribution in [2.24, 2.45) is 4.99 Å². The highest BCUT2D eigenvalue weighted by Gasteiger charge is 2.34. The Hall–Kier alpha value is -2.78. The van der Waals surface area contributed by atoms with Gasteiger partial charge in [0.2, 0.25) is 0 Å². The summed E-state index contributed by atoms with van der Waals surface area (Å²) in [6, 6.07) is 9.75. The Bertz CT molecular complexity index is 1190. The maximum Gasteiger partial charge on any atom is 0.289 e. The first-order valence-corrected chi connectivity index (χ1v) is 13.2. The molecular weight excluding hydrogens is 442 g/mol. The van der Waals surface area contributed by atoms with E-state index in [1.165, 1.54) is 17.4 Å². The molecule has 3 heterocycles. The number of hydrogen-bond donors (Lipinski definition) is 2. The van der Waals surface area contributed by atoms with E-state index < -0.39 is 9.84 Å². The molecule has 1 fully saturated rings. The van der Waals surface area contributed by atoms with E-state index in [4.69, 9.17) is 14.2 Å². The van der Waals surface area contributed by atoms with Crippen LogP contribution in [0.3, 0.4) is 0 Å². The van der Waals surface area contributed by atoms with E-state index in [0.29, 0.717) is 37.3 Å². The Morgan fingerprint density at radius 3 is 2.64 bits per heavy atom. The lowest BCUT2D eigenvalue weighted by Gasteiger charge is -2.25. The van der Waals surface area contributed by atoms with Crippen LogP contribution in [0.4, 0.5) is 5.69 Å². The minimum atomic E-state index is -3.33. The average molecular weight is 472 g/mol. The van der Waals surface area contributed by atoms with E-state index in [2.05, 4.69) is 21.7 Å². The number of anilines is 1. The number of aliphatic imine (C=N–C) groups is 1. The van der Waals surface area contributed by atoms with Crippen LogP contribution in [0.1, 0.15) is 41.6 Å². The van der Waals surface area contributed by atoms with Gasteiger partial charge in [0.15, 0.2) is 9.84 Å². The summed E-state index contributed by atoms with van der Waals surface area (Å²) >= 11 is 0. The Morgan fingerprint density at radius 1 is 1.15 bits per heavy atom. The molecule has 1 atom stereocenters. The molecule has 8 nitrogen and oxygen atoms in total. The number of nitrogens with one attached hydrogen (secondary N) is 2. The zero-order chi connectivity index (χ0) is 23.0. The number of piperidine rings is 1. The van der Waals surface area contributed by atoms with Gasteiger partial charge >= 0.3 is 0 Å². The van der Waals surface area contributed by atoms with Gasteiger partial charge in [0.05, 0.1) is 24.2 Å². The third kappa shape index (κ3) is 4.39. The van der Waals surface area contributed by atoms with Crippen LogP contribution in [0, 0.1) is 0 Å². The van der Waals surface area contributed by atoms with Crippen LogP contribution in [0.25, 0.3) is 0 Å². The molecule has 3 aliphatic rings. The number of methoxy groups -OCH3 is 1. The minimum Gasteiger partial charge on any atom is -0.496 e. The van der Waals surface area contributed by atoms with E-state index in [0.717, 1.165) is 42.9 Å². The number of sulfone groups is 1. The standard InChI is InChI=1S/C24H29N3O5S/c1-30-21-13-16(33(2,28)29)3-4-18(21)22-14-19-17(15-7-9-25-10-8-15)5-6-20(23(19)32-22)27-24-26-11-12-31-24/h3-6,13,15,22,25H,7-12,14H2,1-2H3,(H,26,27). The third-order valence-corrected chi connectivity index (χ3v) is 7.64. The number of nitrogens with zero attached hydrogens (tertiary/aromatic N) is 1. The summed E-state index contributed by atoms with van der Waals surface area (Å²) in [6.07, 6.45) is 3.78. The highest BCUT2D eigenvalue weighted by atomic mass is 32.2. The highest BCUT2D eigenvalue weighted by molar-refractivity contribution is 7.90. The van der Waals surface area contributed by atoms with Crippen LogP contribution in [-0.4, -0.2) is 54.0 Å². The summed E-state index contributed by atoms with van der Waals surface area (Å²) in [5, 5.41) is 6.72. The van der Waals surface area contributed by atoms with Gasteiger partial charge in [0.1, 0.15) is 24.2 Å². The van der Waals surface area contributed by atoms with Gasteiger partial charge < -0.3 is 24.8 Å². The zero-order valence-corrected chi connectivity index (χ0v) is 19.7. The average Bonchev–Trinajstić information content (AvgIpc) is 3.49. The van der Waals surface area contributed by atoms with Gasteiger partial charge in [0.25, 0.3) is 6.02 Å². The first-order chi connectivity index (χ1) is 15.9. The van der Waals surface area contributed by atoms with Crippen molar-refractivity contribution < 1.29 is 22.6 Å². The molecule has 2 aromatic carbocycles. The lowest BCUT2D eigenvalue weighted by molar-refractivity contribution is 0.233. The van der Waals surface area contributed by atoms with Crippen LogP contribution in [-0.2, 0) is 21.0 Å². The fourth-order valence-electron chi connectivity index (χ4n) is 4.86. The van der Waals surface area contributed by atoms with Crippen molar-refractivity contribution in [3.05, 3.63) is 47.0 Å². The minimum absolute atomic E-state index is 0.229. The van der Waals surface area contributed by atoms with Crippen LogP contribution in [0.2, 0.25) is 0 Å². The SMILES string of the molecule is COc1cc(S(C)(=O)=O)ccc1C1Cc2c(C3CCNCC3)ccc(NC3=NCCO3)c2O1. The zero-order valence-electron chi connectivity index (χ0n) is 18.9. The summed E-state index contributed by atoms with van der Waals surface area (Å²) in [5.41, 5.74) is 4.17. The normalized spacial score (nSPS) is 20.5. The van der Waals surface area contributed by atoms with Crippen LogP contribution in [0.15, 0.2) is 40.2 Å². The molecule has 1 unspecified atom stereocenters. The Kier molecular flexibility index (Phi) is 5.92. The summed E-state index contributed by atoms with van der Waals surface area (Å²) < 4.78 is 41.7. The molecule has 0 saturated carbocycles. The molecule has 33 heavy (non-hydrogen) atoms. The van der Waals surface area contributed by atoms with E-state index >= 15 is 0 Å². The van der Waals surface area contributed by atoms with Crippen molar-refractivity contribution in [1.29, 1.82) is 0 Å². The largest absolute Gasteiger partial charge is 0.496 e. The molecule has 0 aromatic heterocycles. The van der Waals surface area contributed by atoms with Crippen molar-refractivity contribution >= 4 is 21.5 Å². The van der Waals surface area contributed by atoms with E-state index in [9.17, 15) is 8.42 Å². The molecule has 2 N–H and O–H groups in total. The lowest BCUT2D eigenvalue weighted by Crippen LogP contribution is -2.27. The van der Waals surface area contributed by atoms with Crippen LogP contribution in [0.5, 0.6) is 11.5 Å². The molecule has 0 spiro atoms. The molecule has 0 radical (unpaired) electrons. The van der Waals surface area contributed by atoms with Crippen molar-refractivity contribution in [2.75, 3.05) is 44.9 Å². The number of benzene rings is 2. The van der Waals surface area contributed by atoms with Gasteiger partial charge in [-0.2, -0.15) is 0 Å². The Balaban J connectivity index is 1.52. The van der Waals surface area contributed by atoms with Gasteiger partial charge in [-0.3, -0.25) is 0 Å². The van der Waals surface area contributed by atoms with Crippen molar-refractivity contribution in [3.63, 3.8) is 0 Å². The smallest absolute Gasteiger partial charge is 0.289 e. The molecule has 0 bridgehead atoms. The predicted octanol–water partition coefficient (Wildman–Crippen LogP) is 3.04. The van der Waals surface area contributed by atoms with Crippen molar-refractivity contribution in [1.82, 2.24) is 5.32 Å². The molecule has 5 rings (SSSR count). The van der Waals surface area contributed by atoms with E-state index in [1.54, 1.807) is 25.3 Å². The second kappa shape index (κ2) is 8.87. The number of fused-ring (bicyclic) bond motifs is 1. The van der Waals surface area contributed by atoms with Crippen molar-refractivity contribution in [3.8, 4) is 11.5 Å². The quantitative estimate of drug-likeness (QED) is 0.692. The number of ether oxygens (including phenoxy) is 3. The molecule has 0 amide bonds. The Labute approximate surface area is 194 Å². The monoisotopic (exact) mass is 471 g/mol. The first-order valence-electron chi connectivity index (χ1n) is 11.3. The molecule has 1 saturated heterocycles. The third-order valence-electron chi connectivity index (χ3n) is 6.53.